The molecule has 2 saturated heterocycles. The lowest BCUT2D eigenvalue weighted by Crippen LogP contribution is -2.42. The van der Waals surface area contributed by atoms with Crippen LogP contribution in [0, 0.1) is 12.8 Å². The van der Waals surface area contributed by atoms with Gasteiger partial charge in [0.2, 0.25) is 5.91 Å². The Kier molecular flexibility index (Phi) is 4.89. The number of carbonyl (C=O) groups is 3. The topological polar surface area (TPSA) is 105 Å². The summed E-state index contributed by atoms with van der Waals surface area (Å²) in [6.07, 6.45) is 0.605. The Morgan fingerprint density at radius 1 is 1.32 bits per heavy atom. The SMILES string of the molecule is Cc1cc(NC(=O)C2CCN(C(N)=O)C2)ccc1N1CCOCC1=O. The van der Waals surface area contributed by atoms with Gasteiger partial charge in [0.1, 0.15) is 6.61 Å². The van der Waals surface area contributed by atoms with Crippen molar-refractivity contribution < 1.29 is 19.1 Å². The third kappa shape index (κ3) is 3.74. The summed E-state index contributed by atoms with van der Waals surface area (Å²) in [6, 6.07) is 4.96. The summed E-state index contributed by atoms with van der Waals surface area (Å²) >= 11 is 0. The van der Waals surface area contributed by atoms with Gasteiger partial charge in [-0.3, -0.25) is 9.59 Å². The van der Waals surface area contributed by atoms with Crippen LogP contribution in [0.5, 0.6) is 0 Å². The van der Waals surface area contributed by atoms with E-state index in [9.17, 15) is 14.4 Å². The summed E-state index contributed by atoms with van der Waals surface area (Å²) in [5.41, 5.74) is 7.64. The molecule has 3 N–H and O–H groups in total. The van der Waals surface area contributed by atoms with E-state index < -0.39 is 6.03 Å². The number of hydrogen-bond acceptors (Lipinski definition) is 4. The number of primary amides is 1. The van der Waals surface area contributed by atoms with Gasteiger partial charge in [0.15, 0.2) is 0 Å². The fourth-order valence-electron chi connectivity index (χ4n) is 3.23. The molecule has 1 aromatic rings. The first kappa shape index (κ1) is 17.2. The van der Waals surface area contributed by atoms with Gasteiger partial charge in [-0.25, -0.2) is 4.79 Å². The van der Waals surface area contributed by atoms with Gasteiger partial charge < -0.3 is 25.6 Å². The molecule has 1 atom stereocenters. The molecule has 25 heavy (non-hydrogen) atoms. The van der Waals surface area contributed by atoms with Crippen molar-refractivity contribution in [2.45, 2.75) is 13.3 Å². The van der Waals surface area contributed by atoms with Crippen LogP contribution < -0.4 is 16.0 Å². The van der Waals surface area contributed by atoms with E-state index in [1.165, 1.54) is 4.90 Å². The molecule has 0 bridgehead atoms. The maximum absolute atomic E-state index is 12.4. The zero-order valence-electron chi connectivity index (χ0n) is 14.2. The van der Waals surface area contributed by atoms with Gasteiger partial charge in [0.25, 0.3) is 5.91 Å². The Morgan fingerprint density at radius 3 is 2.76 bits per heavy atom. The lowest BCUT2D eigenvalue weighted by Gasteiger charge is -2.28. The van der Waals surface area contributed by atoms with Crippen molar-refractivity contribution in [2.24, 2.45) is 11.7 Å². The van der Waals surface area contributed by atoms with Crippen molar-refractivity contribution in [3.63, 3.8) is 0 Å². The van der Waals surface area contributed by atoms with Crippen molar-refractivity contribution in [3.8, 4) is 0 Å². The largest absolute Gasteiger partial charge is 0.370 e. The highest BCUT2D eigenvalue weighted by Gasteiger charge is 2.30. The first-order chi connectivity index (χ1) is 12.0. The van der Waals surface area contributed by atoms with Crippen LogP contribution in [0.4, 0.5) is 16.2 Å². The van der Waals surface area contributed by atoms with E-state index in [0.717, 1.165) is 11.3 Å². The minimum atomic E-state index is -0.495. The Balaban J connectivity index is 1.66. The lowest BCUT2D eigenvalue weighted by atomic mass is 10.1. The highest BCUT2D eigenvalue weighted by Crippen LogP contribution is 2.26. The van der Waals surface area contributed by atoms with Crippen molar-refractivity contribution in [3.05, 3.63) is 23.8 Å². The van der Waals surface area contributed by atoms with E-state index in [1.807, 2.05) is 19.1 Å². The number of hydrogen-bond donors (Lipinski definition) is 2. The third-order valence-corrected chi connectivity index (χ3v) is 4.61. The monoisotopic (exact) mass is 346 g/mol. The van der Waals surface area contributed by atoms with Crippen LogP contribution in [0.2, 0.25) is 0 Å². The Bertz CT molecular complexity index is 706. The number of benzene rings is 1. The lowest BCUT2D eigenvalue weighted by molar-refractivity contribution is -0.125. The van der Waals surface area contributed by atoms with Crippen LogP contribution in [0.25, 0.3) is 0 Å². The molecule has 0 saturated carbocycles. The summed E-state index contributed by atoms with van der Waals surface area (Å²) < 4.78 is 5.15. The van der Waals surface area contributed by atoms with Crippen LogP contribution in [0.1, 0.15) is 12.0 Å². The van der Waals surface area contributed by atoms with Crippen LogP contribution in [0.3, 0.4) is 0 Å². The number of aryl methyl sites for hydroxylation is 1. The Hall–Kier alpha value is -2.61. The summed E-state index contributed by atoms with van der Waals surface area (Å²) in [4.78, 5) is 38.7. The molecule has 3 rings (SSSR count). The second-order valence-corrected chi connectivity index (χ2v) is 6.36. The number of rotatable bonds is 3. The molecule has 0 spiro atoms. The summed E-state index contributed by atoms with van der Waals surface area (Å²) in [6.45, 7) is 3.89. The van der Waals surface area contributed by atoms with E-state index in [0.29, 0.717) is 38.3 Å². The number of amides is 4. The molecule has 0 aliphatic carbocycles. The van der Waals surface area contributed by atoms with Gasteiger partial charge in [-0.2, -0.15) is 0 Å². The smallest absolute Gasteiger partial charge is 0.314 e. The normalized spacial score (nSPS) is 20.7. The van der Waals surface area contributed by atoms with E-state index in [-0.39, 0.29) is 24.3 Å². The summed E-state index contributed by atoms with van der Waals surface area (Å²) in [5.74, 6) is -0.449. The molecule has 2 aliphatic rings. The van der Waals surface area contributed by atoms with E-state index in [2.05, 4.69) is 5.32 Å². The molecule has 2 aliphatic heterocycles. The van der Waals surface area contributed by atoms with Crippen LogP contribution in [-0.2, 0) is 14.3 Å². The molecule has 8 heteroatoms. The molecule has 0 aromatic heterocycles. The highest BCUT2D eigenvalue weighted by atomic mass is 16.5. The van der Waals surface area contributed by atoms with Gasteiger partial charge in [-0.1, -0.05) is 0 Å². The van der Waals surface area contributed by atoms with Gasteiger partial charge in [-0.05, 0) is 37.1 Å². The minimum Gasteiger partial charge on any atom is -0.370 e. The van der Waals surface area contributed by atoms with Gasteiger partial charge in [0, 0.05) is 31.0 Å². The van der Waals surface area contributed by atoms with Crippen molar-refractivity contribution in [2.75, 3.05) is 43.1 Å². The van der Waals surface area contributed by atoms with Crippen molar-refractivity contribution >= 4 is 29.2 Å². The number of carbonyl (C=O) groups excluding carboxylic acids is 3. The fraction of sp³-hybridized carbons (Fsp3) is 0.471. The summed E-state index contributed by atoms with van der Waals surface area (Å²) in [7, 11) is 0. The number of morpholine rings is 1. The van der Waals surface area contributed by atoms with Gasteiger partial charge in [0.05, 0.1) is 12.5 Å². The number of nitrogens with two attached hydrogens (primary N) is 1. The van der Waals surface area contributed by atoms with E-state index in [1.54, 1.807) is 11.0 Å². The van der Waals surface area contributed by atoms with Crippen molar-refractivity contribution in [1.29, 1.82) is 0 Å². The standard InChI is InChI=1S/C17H22N4O4/c1-11-8-13(2-3-14(11)21-6-7-25-10-15(21)22)19-16(23)12-4-5-20(9-12)17(18)24/h2-3,8,12H,4-7,9-10H2,1H3,(H2,18,24)(H,19,23). The van der Waals surface area contributed by atoms with E-state index >= 15 is 0 Å². The average molecular weight is 346 g/mol. The number of ether oxygens (including phenoxy) is 1. The molecule has 1 unspecified atom stereocenters. The molecule has 4 amide bonds. The Labute approximate surface area is 145 Å². The fourth-order valence-corrected chi connectivity index (χ4v) is 3.23. The zero-order valence-corrected chi connectivity index (χ0v) is 14.2. The molecule has 2 fully saturated rings. The maximum Gasteiger partial charge on any atom is 0.314 e. The van der Waals surface area contributed by atoms with Crippen molar-refractivity contribution in [1.82, 2.24) is 4.90 Å². The minimum absolute atomic E-state index is 0.0661. The Morgan fingerprint density at radius 2 is 2.12 bits per heavy atom. The molecular weight excluding hydrogens is 324 g/mol. The van der Waals surface area contributed by atoms with Gasteiger partial charge in [-0.15, -0.1) is 0 Å². The third-order valence-electron chi connectivity index (χ3n) is 4.61. The maximum atomic E-state index is 12.4. The van der Waals surface area contributed by atoms with Crippen LogP contribution >= 0.6 is 0 Å². The molecular formula is C17H22N4O4. The number of nitrogens with zero attached hydrogens (tertiary/aromatic N) is 2. The van der Waals surface area contributed by atoms with Gasteiger partial charge >= 0.3 is 6.03 Å². The highest BCUT2D eigenvalue weighted by molar-refractivity contribution is 5.97. The first-order valence-electron chi connectivity index (χ1n) is 8.29. The molecule has 1 aromatic carbocycles. The molecule has 0 radical (unpaired) electrons. The number of likely N-dealkylation sites (tertiary alicyclic amines) is 1. The second kappa shape index (κ2) is 7.10. The number of anilines is 2. The molecule has 2 heterocycles. The van der Waals surface area contributed by atoms with Crippen LogP contribution in [0.15, 0.2) is 18.2 Å². The molecule has 134 valence electrons. The number of urea groups is 1. The zero-order chi connectivity index (χ0) is 18.0. The average Bonchev–Trinajstić information content (AvgIpc) is 3.06. The predicted octanol–water partition coefficient (Wildman–Crippen LogP) is 0.697. The molecule has 8 nitrogen and oxygen atoms in total. The predicted molar refractivity (Wildman–Crippen MR) is 92.2 cm³/mol. The quantitative estimate of drug-likeness (QED) is 0.840. The number of nitrogens with one attached hydrogen (secondary N) is 1. The second-order valence-electron chi connectivity index (χ2n) is 6.36. The van der Waals surface area contributed by atoms with Crippen LogP contribution in [-0.4, -0.2) is 55.6 Å². The first-order valence-corrected chi connectivity index (χ1v) is 8.29. The summed E-state index contributed by atoms with van der Waals surface area (Å²) in [5, 5.41) is 2.88. The van der Waals surface area contributed by atoms with E-state index in [4.69, 9.17) is 10.5 Å².